The number of rotatable bonds is 10. The van der Waals surface area contributed by atoms with Gasteiger partial charge in [0, 0.05) is 43.7 Å². The molecule has 1 amide bonds. The summed E-state index contributed by atoms with van der Waals surface area (Å²) in [5.41, 5.74) is 0.595. The van der Waals surface area contributed by atoms with Crippen molar-refractivity contribution in [3.8, 4) is 17.6 Å². The third kappa shape index (κ3) is 5.62. The highest BCUT2D eigenvalue weighted by atomic mass is 32.2. The molecule has 2 aromatic carbocycles. The van der Waals surface area contributed by atoms with E-state index in [2.05, 4.69) is 10.3 Å². The molecule has 3 rings (SSSR count). The molecule has 0 bridgehead atoms. The second-order valence-electron chi connectivity index (χ2n) is 7.67. The number of aromatic nitrogens is 1. The molecule has 0 aliphatic carbocycles. The van der Waals surface area contributed by atoms with Gasteiger partial charge in [-0.2, -0.15) is 9.57 Å². The molecular formula is C24H26N4O6S. The highest BCUT2D eigenvalue weighted by Crippen LogP contribution is 2.27. The van der Waals surface area contributed by atoms with Crippen molar-refractivity contribution in [2.24, 2.45) is 0 Å². The molecule has 1 heterocycles. The number of sulfonamides is 1. The van der Waals surface area contributed by atoms with Gasteiger partial charge < -0.3 is 19.8 Å². The van der Waals surface area contributed by atoms with Crippen molar-refractivity contribution in [2.45, 2.75) is 17.7 Å². The zero-order valence-electron chi connectivity index (χ0n) is 19.6. The summed E-state index contributed by atoms with van der Waals surface area (Å²) in [4.78, 5) is 28.5. The Balaban J connectivity index is 1.79. The van der Waals surface area contributed by atoms with E-state index < -0.39 is 21.4 Å². The van der Waals surface area contributed by atoms with Crippen molar-refractivity contribution in [3.63, 3.8) is 0 Å². The Morgan fingerprint density at radius 1 is 1.14 bits per heavy atom. The number of benzene rings is 2. The number of nitriles is 1. The molecule has 0 saturated carbocycles. The Bertz CT molecular complexity index is 1440. The summed E-state index contributed by atoms with van der Waals surface area (Å²) < 4.78 is 37.1. The number of H-pyrrole nitrogens is 1. The van der Waals surface area contributed by atoms with Gasteiger partial charge in [-0.05, 0) is 42.3 Å². The van der Waals surface area contributed by atoms with Crippen molar-refractivity contribution in [2.75, 3.05) is 34.4 Å². The zero-order valence-corrected chi connectivity index (χ0v) is 20.4. The quantitative estimate of drug-likeness (QED) is 0.436. The Kier molecular flexibility index (Phi) is 8.11. The lowest BCUT2D eigenvalue weighted by atomic mass is 10.1. The lowest BCUT2D eigenvalue weighted by Gasteiger charge is -2.16. The van der Waals surface area contributed by atoms with Crippen LogP contribution in [0, 0.1) is 11.3 Å². The number of nitrogens with one attached hydrogen (secondary N) is 2. The fourth-order valence-corrected chi connectivity index (χ4v) is 4.68. The van der Waals surface area contributed by atoms with E-state index in [1.165, 1.54) is 38.6 Å². The highest BCUT2D eigenvalue weighted by Gasteiger charge is 2.22. The van der Waals surface area contributed by atoms with Gasteiger partial charge >= 0.3 is 0 Å². The van der Waals surface area contributed by atoms with Crippen LogP contribution in [0.15, 0.2) is 52.3 Å². The minimum atomic E-state index is -3.90. The van der Waals surface area contributed by atoms with Gasteiger partial charge in [-0.1, -0.05) is 6.07 Å². The average molecular weight is 499 g/mol. The summed E-state index contributed by atoms with van der Waals surface area (Å²) in [7, 11) is 0.550. The summed E-state index contributed by atoms with van der Waals surface area (Å²) >= 11 is 0. The van der Waals surface area contributed by atoms with Gasteiger partial charge in [0.1, 0.15) is 5.56 Å². The van der Waals surface area contributed by atoms with Crippen LogP contribution < -0.4 is 20.2 Å². The van der Waals surface area contributed by atoms with Crippen molar-refractivity contribution in [1.29, 1.82) is 5.26 Å². The molecule has 1 aromatic heterocycles. The lowest BCUT2D eigenvalue weighted by molar-refractivity contribution is 0.0953. The average Bonchev–Trinajstić information content (AvgIpc) is 2.86. The fourth-order valence-electron chi connectivity index (χ4n) is 3.49. The van der Waals surface area contributed by atoms with E-state index in [1.54, 1.807) is 13.2 Å². The molecule has 0 aliphatic heterocycles. The van der Waals surface area contributed by atoms with Crippen LogP contribution in [0.2, 0.25) is 0 Å². The van der Waals surface area contributed by atoms with Gasteiger partial charge in [0.05, 0.1) is 25.2 Å². The molecule has 0 unspecified atom stereocenters. The standard InChI is InChI=1S/C24H26N4O6S/c1-28(12-4-10-25)35(31,32)17-6-7-20-18(14-17)23(29)19(15-27-20)24(30)26-11-9-16-5-8-21(33-2)22(13-16)34-3/h5-8,13-15H,4,9,11-12H2,1-3H3,(H,26,30)(H,27,29). The summed E-state index contributed by atoms with van der Waals surface area (Å²) in [5.74, 6) is 0.597. The Hall–Kier alpha value is -3.88. The third-order valence-corrected chi connectivity index (χ3v) is 7.34. The number of fused-ring (bicyclic) bond motifs is 1. The summed E-state index contributed by atoms with van der Waals surface area (Å²) in [6.07, 6.45) is 1.84. The molecule has 184 valence electrons. The van der Waals surface area contributed by atoms with Crippen molar-refractivity contribution < 1.29 is 22.7 Å². The number of pyridine rings is 1. The second kappa shape index (κ2) is 11.0. The molecule has 3 aromatic rings. The van der Waals surface area contributed by atoms with Gasteiger partial charge in [0.15, 0.2) is 11.5 Å². The number of carbonyl (C=O) groups is 1. The molecule has 0 aliphatic rings. The Morgan fingerprint density at radius 3 is 2.57 bits per heavy atom. The van der Waals surface area contributed by atoms with Gasteiger partial charge in [0.2, 0.25) is 15.5 Å². The number of amides is 1. The maximum Gasteiger partial charge on any atom is 0.256 e. The Labute approximate surface area is 203 Å². The molecule has 2 N–H and O–H groups in total. The number of ether oxygens (including phenoxy) is 2. The molecule has 0 radical (unpaired) electrons. The number of nitrogens with zero attached hydrogens (tertiary/aromatic N) is 2. The molecule has 0 saturated heterocycles. The molecule has 10 nitrogen and oxygen atoms in total. The van der Waals surface area contributed by atoms with Crippen LogP contribution in [-0.2, 0) is 16.4 Å². The number of aromatic amines is 1. The SMILES string of the molecule is COc1ccc(CCNC(=O)c2c[nH]c3ccc(S(=O)(=O)N(C)CCC#N)cc3c2=O)cc1OC. The molecule has 35 heavy (non-hydrogen) atoms. The second-order valence-corrected chi connectivity index (χ2v) is 9.71. The first-order valence-electron chi connectivity index (χ1n) is 10.7. The minimum Gasteiger partial charge on any atom is -0.493 e. The number of hydrogen-bond donors (Lipinski definition) is 2. The normalized spacial score (nSPS) is 11.3. The first-order valence-corrected chi connectivity index (χ1v) is 12.1. The monoisotopic (exact) mass is 498 g/mol. The summed E-state index contributed by atoms with van der Waals surface area (Å²) in [6, 6.07) is 11.4. The van der Waals surface area contributed by atoms with Crippen LogP contribution >= 0.6 is 0 Å². The number of methoxy groups -OCH3 is 2. The van der Waals surface area contributed by atoms with E-state index in [1.807, 2.05) is 18.2 Å². The third-order valence-electron chi connectivity index (χ3n) is 5.49. The summed E-state index contributed by atoms with van der Waals surface area (Å²) in [6.45, 7) is 0.291. The van der Waals surface area contributed by atoms with Crippen LogP contribution in [-0.4, -0.2) is 58.0 Å². The van der Waals surface area contributed by atoms with E-state index in [9.17, 15) is 18.0 Å². The van der Waals surface area contributed by atoms with Crippen LogP contribution in [0.1, 0.15) is 22.3 Å². The topological polar surface area (TPSA) is 142 Å². The maximum absolute atomic E-state index is 13.0. The minimum absolute atomic E-state index is 0.0236. The van der Waals surface area contributed by atoms with Crippen LogP contribution in [0.5, 0.6) is 11.5 Å². The number of hydrogen-bond acceptors (Lipinski definition) is 7. The summed E-state index contributed by atoms with van der Waals surface area (Å²) in [5, 5.41) is 11.5. The lowest BCUT2D eigenvalue weighted by Crippen LogP contribution is -2.30. The van der Waals surface area contributed by atoms with Gasteiger partial charge in [0.25, 0.3) is 5.91 Å². The largest absolute Gasteiger partial charge is 0.493 e. The number of carbonyl (C=O) groups excluding carboxylic acids is 1. The van der Waals surface area contributed by atoms with E-state index >= 15 is 0 Å². The molecule has 0 fully saturated rings. The zero-order chi connectivity index (χ0) is 25.6. The van der Waals surface area contributed by atoms with Crippen molar-refractivity contribution >= 4 is 26.8 Å². The molecule has 0 atom stereocenters. The van der Waals surface area contributed by atoms with E-state index in [0.29, 0.717) is 23.4 Å². The van der Waals surface area contributed by atoms with E-state index in [4.69, 9.17) is 14.7 Å². The van der Waals surface area contributed by atoms with E-state index in [-0.39, 0.29) is 35.4 Å². The maximum atomic E-state index is 13.0. The Morgan fingerprint density at radius 2 is 1.89 bits per heavy atom. The van der Waals surface area contributed by atoms with Gasteiger partial charge in [-0.3, -0.25) is 9.59 Å². The van der Waals surface area contributed by atoms with Gasteiger partial charge in [-0.25, -0.2) is 8.42 Å². The smallest absolute Gasteiger partial charge is 0.256 e. The van der Waals surface area contributed by atoms with Crippen molar-refractivity contribution in [1.82, 2.24) is 14.6 Å². The first kappa shape index (κ1) is 25.7. The van der Waals surface area contributed by atoms with Gasteiger partial charge in [-0.15, -0.1) is 0 Å². The van der Waals surface area contributed by atoms with Crippen molar-refractivity contribution in [3.05, 3.63) is 63.9 Å². The van der Waals surface area contributed by atoms with Crippen LogP contribution in [0.3, 0.4) is 0 Å². The predicted molar refractivity (Wildman–Crippen MR) is 130 cm³/mol. The molecular weight excluding hydrogens is 472 g/mol. The highest BCUT2D eigenvalue weighted by molar-refractivity contribution is 7.89. The van der Waals surface area contributed by atoms with Crippen LogP contribution in [0.4, 0.5) is 0 Å². The predicted octanol–water partition coefficient (Wildman–Crippen LogP) is 2.05. The molecule has 11 heteroatoms. The fraction of sp³-hybridized carbons (Fsp3) is 0.292. The first-order chi connectivity index (χ1) is 16.7. The van der Waals surface area contributed by atoms with Crippen LogP contribution in [0.25, 0.3) is 10.9 Å². The van der Waals surface area contributed by atoms with E-state index in [0.717, 1.165) is 9.87 Å². The molecule has 0 spiro atoms.